The van der Waals surface area contributed by atoms with Crippen LogP contribution in [0, 0.1) is 6.92 Å². The summed E-state index contributed by atoms with van der Waals surface area (Å²) in [5.74, 6) is -1.24. The van der Waals surface area contributed by atoms with Gasteiger partial charge >= 0.3 is 0 Å². The minimum absolute atomic E-state index is 0.109. The molecule has 0 saturated carbocycles. The van der Waals surface area contributed by atoms with Crippen molar-refractivity contribution in [3.05, 3.63) is 76.9 Å². The Bertz CT molecular complexity index is 947. The maximum atomic E-state index is 13.0. The van der Waals surface area contributed by atoms with E-state index in [4.69, 9.17) is 0 Å². The normalized spacial score (nSPS) is 21.9. The summed E-state index contributed by atoms with van der Waals surface area (Å²) < 4.78 is 0. The summed E-state index contributed by atoms with van der Waals surface area (Å²) in [6, 6.07) is 16.2. The number of hydrogen-bond acceptors (Lipinski definition) is 3. The summed E-state index contributed by atoms with van der Waals surface area (Å²) >= 11 is 0. The van der Waals surface area contributed by atoms with Crippen molar-refractivity contribution in [2.24, 2.45) is 0 Å². The van der Waals surface area contributed by atoms with Crippen LogP contribution in [0.25, 0.3) is 5.76 Å². The smallest absolute Gasteiger partial charge is 0.295 e. The first-order valence-corrected chi connectivity index (χ1v) is 10.6. The molecule has 0 bridgehead atoms. The van der Waals surface area contributed by atoms with Gasteiger partial charge in [0.25, 0.3) is 11.7 Å². The van der Waals surface area contributed by atoms with E-state index >= 15 is 0 Å². The highest BCUT2D eigenvalue weighted by molar-refractivity contribution is 6.46. The van der Waals surface area contributed by atoms with E-state index in [1.54, 1.807) is 17.0 Å². The molecule has 2 aliphatic heterocycles. The Morgan fingerprint density at radius 1 is 1.07 bits per heavy atom. The van der Waals surface area contributed by atoms with E-state index in [0.717, 1.165) is 43.9 Å². The maximum Gasteiger partial charge on any atom is 0.295 e. The number of aliphatic hydroxyl groups is 1. The molecule has 2 fully saturated rings. The fourth-order valence-electron chi connectivity index (χ4n) is 4.37. The number of nitrogens with two attached hydrogens (primary N) is 1. The Hall–Kier alpha value is -2.96. The number of piperazine rings is 1. The second kappa shape index (κ2) is 8.81. The molecule has 0 radical (unpaired) electrons. The Balaban J connectivity index is 1.72. The second-order valence-corrected chi connectivity index (χ2v) is 8.14. The molecule has 1 amide bonds. The predicted octanol–water partition coefficient (Wildman–Crippen LogP) is -0.121. The first-order valence-electron chi connectivity index (χ1n) is 10.6. The Morgan fingerprint density at radius 2 is 1.73 bits per heavy atom. The molecule has 0 spiro atoms. The Morgan fingerprint density at radius 3 is 2.40 bits per heavy atom. The first kappa shape index (κ1) is 20.3. The number of Topliss-reactive ketones (excluding diaryl/α,β-unsaturated/α-hetero) is 1. The minimum atomic E-state index is -0.607. The summed E-state index contributed by atoms with van der Waals surface area (Å²) in [7, 11) is 0. The van der Waals surface area contributed by atoms with Gasteiger partial charge in [-0.15, -0.1) is 0 Å². The van der Waals surface area contributed by atoms with Crippen molar-refractivity contribution in [2.75, 3.05) is 39.3 Å². The number of hydrogen-bond donors (Lipinski definition) is 3. The molecule has 2 aromatic carbocycles. The molecule has 2 heterocycles. The highest BCUT2D eigenvalue weighted by atomic mass is 16.3. The molecule has 4 N–H and O–H groups in total. The number of carbonyl (C=O) groups excluding carboxylic acids is 2. The van der Waals surface area contributed by atoms with Gasteiger partial charge in [-0.05, 0) is 12.5 Å². The van der Waals surface area contributed by atoms with E-state index in [0.29, 0.717) is 12.1 Å². The van der Waals surface area contributed by atoms with Gasteiger partial charge in [0.2, 0.25) is 0 Å². The fraction of sp³-hybridized carbons (Fsp3) is 0.333. The van der Waals surface area contributed by atoms with Crippen LogP contribution in [0.5, 0.6) is 0 Å². The number of quaternary nitrogens is 2. The number of benzene rings is 2. The largest absolute Gasteiger partial charge is 0.507 e. The van der Waals surface area contributed by atoms with E-state index < -0.39 is 17.7 Å². The van der Waals surface area contributed by atoms with Crippen LogP contribution in [0.15, 0.2) is 60.2 Å². The molecular formula is C24H29N3O3+2. The second-order valence-electron chi connectivity index (χ2n) is 8.14. The summed E-state index contributed by atoms with van der Waals surface area (Å²) in [5.41, 5.74) is 2.67. The molecule has 2 saturated heterocycles. The van der Waals surface area contributed by atoms with Gasteiger partial charge in [-0.3, -0.25) is 9.59 Å². The van der Waals surface area contributed by atoms with Gasteiger partial charge in [0.1, 0.15) is 31.9 Å². The van der Waals surface area contributed by atoms with Crippen molar-refractivity contribution in [3.8, 4) is 0 Å². The first-order chi connectivity index (χ1) is 14.6. The highest BCUT2D eigenvalue weighted by Gasteiger charge is 2.46. The van der Waals surface area contributed by atoms with Crippen LogP contribution in [0.4, 0.5) is 0 Å². The molecule has 2 aliphatic rings. The zero-order chi connectivity index (χ0) is 21.1. The summed E-state index contributed by atoms with van der Waals surface area (Å²) in [6.45, 7) is 7.58. The molecule has 6 nitrogen and oxygen atoms in total. The minimum Gasteiger partial charge on any atom is -0.507 e. The summed E-state index contributed by atoms with van der Waals surface area (Å²) in [4.78, 5) is 29.1. The van der Waals surface area contributed by atoms with Crippen molar-refractivity contribution in [1.29, 1.82) is 0 Å². The zero-order valence-corrected chi connectivity index (χ0v) is 17.3. The molecule has 0 aromatic heterocycles. The average Bonchev–Trinajstić information content (AvgIpc) is 3.04. The molecule has 30 heavy (non-hydrogen) atoms. The third-order valence-corrected chi connectivity index (χ3v) is 6.09. The molecule has 1 atom stereocenters. The van der Waals surface area contributed by atoms with E-state index in [1.165, 1.54) is 4.90 Å². The Kier molecular flexibility index (Phi) is 5.97. The van der Waals surface area contributed by atoms with Crippen LogP contribution in [0.3, 0.4) is 0 Å². The Labute approximate surface area is 176 Å². The van der Waals surface area contributed by atoms with Crippen molar-refractivity contribution in [1.82, 2.24) is 4.90 Å². The van der Waals surface area contributed by atoms with Crippen molar-refractivity contribution < 1.29 is 24.9 Å². The molecule has 2 aromatic rings. The lowest BCUT2D eigenvalue weighted by Gasteiger charge is -2.28. The number of likely N-dealkylation sites (tertiary alicyclic amines) is 1. The number of amides is 1. The lowest BCUT2D eigenvalue weighted by atomic mass is 9.95. The predicted molar refractivity (Wildman–Crippen MR) is 114 cm³/mol. The van der Waals surface area contributed by atoms with E-state index in [-0.39, 0.29) is 11.3 Å². The average molecular weight is 408 g/mol. The molecule has 0 aliphatic carbocycles. The quantitative estimate of drug-likeness (QED) is 0.367. The zero-order valence-electron chi connectivity index (χ0n) is 17.3. The standard InChI is InChI=1S/C24H27N3O3/c1-17-7-9-18(10-8-17)21-20(22(28)19-5-3-2-4-6-19)23(29)24(30)27(21)16-15-26-13-11-25-12-14-26/h2-10,21,25,28H,11-16H2,1H3/p+2/t21-/m0/s1. The molecule has 156 valence electrons. The van der Waals surface area contributed by atoms with Crippen LogP contribution in [-0.4, -0.2) is 61.0 Å². The van der Waals surface area contributed by atoms with E-state index in [2.05, 4.69) is 5.32 Å². The number of aliphatic hydroxyl groups excluding tert-OH is 1. The third kappa shape index (κ3) is 4.01. The van der Waals surface area contributed by atoms with Crippen LogP contribution < -0.4 is 10.2 Å². The fourth-order valence-corrected chi connectivity index (χ4v) is 4.37. The van der Waals surface area contributed by atoms with Crippen molar-refractivity contribution in [3.63, 3.8) is 0 Å². The van der Waals surface area contributed by atoms with E-state index in [9.17, 15) is 14.7 Å². The van der Waals surface area contributed by atoms with Gasteiger partial charge in [-0.2, -0.15) is 0 Å². The van der Waals surface area contributed by atoms with Crippen molar-refractivity contribution >= 4 is 17.4 Å². The SMILES string of the molecule is Cc1ccc([C@H]2C(=C(O)c3ccccc3)C(=O)C(=O)N2CC[NH+]2CC[NH2+]CC2)cc1. The van der Waals surface area contributed by atoms with Gasteiger partial charge in [-0.25, -0.2) is 0 Å². The van der Waals surface area contributed by atoms with Gasteiger partial charge < -0.3 is 20.2 Å². The van der Waals surface area contributed by atoms with Gasteiger partial charge in [0.15, 0.2) is 0 Å². The van der Waals surface area contributed by atoms with Crippen LogP contribution in [0.2, 0.25) is 0 Å². The lowest BCUT2D eigenvalue weighted by molar-refractivity contribution is -0.946. The number of nitrogens with one attached hydrogen (secondary N) is 1. The third-order valence-electron chi connectivity index (χ3n) is 6.09. The van der Waals surface area contributed by atoms with Crippen LogP contribution >= 0.6 is 0 Å². The summed E-state index contributed by atoms with van der Waals surface area (Å²) in [5, 5.41) is 13.3. The maximum absolute atomic E-state index is 13.0. The summed E-state index contributed by atoms with van der Waals surface area (Å²) in [6.07, 6.45) is 0. The monoisotopic (exact) mass is 407 g/mol. The molecule has 6 heteroatoms. The van der Waals surface area contributed by atoms with Crippen LogP contribution in [0.1, 0.15) is 22.7 Å². The number of rotatable bonds is 5. The van der Waals surface area contributed by atoms with E-state index in [1.807, 2.05) is 49.4 Å². The number of carbonyl (C=O) groups is 2. The van der Waals surface area contributed by atoms with Crippen molar-refractivity contribution in [2.45, 2.75) is 13.0 Å². The van der Waals surface area contributed by atoms with Gasteiger partial charge in [-0.1, -0.05) is 60.2 Å². The highest BCUT2D eigenvalue weighted by Crippen LogP contribution is 2.39. The number of ketones is 1. The number of nitrogens with zero attached hydrogens (tertiary/aromatic N) is 1. The lowest BCUT2D eigenvalue weighted by Crippen LogP contribution is -3.20. The molecule has 4 rings (SSSR count). The molecular weight excluding hydrogens is 378 g/mol. The molecule has 0 unspecified atom stereocenters. The number of aryl methyl sites for hydroxylation is 1. The van der Waals surface area contributed by atoms with Crippen LogP contribution in [-0.2, 0) is 9.59 Å². The van der Waals surface area contributed by atoms with Gasteiger partial charge in [0, 0.05) is 5.56 Å². The topological polar surface area (TPSA) is 78.7 Å². The van der Waals surface area contributed by atoms with Gasteiger partial charge in [0.05, 0.1) is 24.7 Å².